The van der Waals surface area contributed by atoms with E-state index < -0.39 is 0 Å². The molecule has 4 rings (SSSR count). The predicted molar refractivity (Wildman–Crippen MR) is 96.9 cm³/mol. The van der Waals surface area contributed by atoms with E-state index in [-0.39, 0.29) is 0 Å². The molecule has 128 valence electrons. The van der Waals surface area contributed by atoms with Gasteiger partial charge in [0.15, 0.2) is 0 Å². The first-order valence-corrected chi connectivity index (χ1v) is 8.85. The van der Waals surface area contributed by atoms with Gasteiger partial charge < -0.3 is 4.57 Å². The van der Waals surface area contributed by atoms with Gasteiger partial charge in [-0.15, -0.1) is 0 Å². The zero-order valence-electron chi connectivity index (χ0n) is 14.5. The summed E-state index contributed by atoms with van der Waals surface area (Å²) in [4.78, 5) is 15.7. The molecule has 1 aliphatic rings. The standard InChI is InChI=1S/C20H23N5/c1-16-12-23-20(25(16)15-18-4-2-8-22-13-18)19-5-3-11-24(19)14-17-6-9-21-10-7-17/h2,4,6-10,12-13,19H,3,5,11,14-15H2,1H3. The second-order valence-corrected chi connectivity index (χ2v) is 6.69. The Balaban J connectivity index is 1.58. The van der Waals surface area contributed by atoms with Gasteiger partial charge in [-0.05, 0) is 55.6 Å². The molecular weight excluding hydrogens is 310 g/mol. The van der Waals surface area contributed by atoms with Crippen LogP contribution in [0.15, 0.2) is 55.2 Å². The number of pyridine rings is 2. The van der Waals surface area contributed by atoms with E-state index in [9.17, 15) is 0 Å². The molecule has 1 atom stereocenters. The zero-order valence-corrected chi connectivity index (χ0v) is 14.5. The summed E-state index contributed by atoms with van der Waals surface area (Å²) in [5, 5.41) is 0. The highest BCUT2D eigenvalue weighted by Gasteiger charge is 2.29. The predicted octanol–water partition coefficient (Wildman–Crippen LogP) is 3.37. The van der Waals surface area contributed by atoms with Crippen molar-refractivity contribution in [3.63, 3.8) is 0 Å². The SMILES string of the molecule is Cc1cnc(C2CCCN2Cc2ccncc2)n1Cc1cccnc1. The largest absolute Gasteiger partial charge is 0.327 e. The molecule has 1 unspecified atom stereocenters. The normalized spacial score (nSPS) is 17.9. The Morgan fingerprint density at radius 2 is 1.88 bits per heavy atom. The molecule has 0 bridgehead atoms. The minimum Gasteiger partial charge on any atom is -0.327 e. The van der Waals surface area contributed by atoms with E-state index in [4.69, 9.17) is 4.98 Å². The van der Waals surface area contributed by atoms with Gasteiger partial charge in [0, 0.05) is 43.2 Å². The Morgan fingerprint density at radius 1 is 1.00 bits per heavy atom. The summed E-state index contributed by atoms with van der Waals surface area (Å²) in [6.07, 6.45) is 11.9. The van der Waals surface area contributed by atoms with Crippen LogP contribution in [0.5, 0.6) is 0 Å². The molecule has 1 fully saturated rings. The van der Waals surface area contributed by atoms with Crippen LogP contribution in [0.25, 0.3) is 0 Å². The minimum atomic E-state index is 0.374. The van der Waals surface area contributed by atoms with Crippen LogP contribution in [0.4, 0.5) is 0 Å². The molecule has 5 nitrogen and oxygen atoms in total. The topological polar surface area (TPSA) is 46.8 Å². The highest BCUT2D eigenvalue weighted by molar-refractivity contribution is 5.17. The summed E-state index contributed by atoms with van der Waals surface area (Å²) in [5.41, 5.74) is 3.72. The molecule has 3 aromatic heterocycles. The van der Waals surface area contributed by atoms with Crippen LogP contribution >= 0.6 is 0 Å². The highest BCUT2D eigenvalue weighted by atomic mass is 15.2. The quantitative estimate of drug-likeness (QED) is 0.718. The second kappa shape index (κ2) is 7.15. The van der Waals surface area contributed by atoms with E-state index in [1.165, 1.54) is 29.1 Å². The summed E-state index contributed by atoms with van der Waals surface area (Å²) in [6.45, 7) is 5.03. The number of imidazole rings is 1. The minimum absolute atomic E-state index is 0.374. The van der Waals surface area contributed by atoms with Crippen LogP contribution in [0, 0.1) is 6.92 Å². The Morgan fingerprint density at radius 3 is 2.68 bits per heavy atom. The average Bonchev–Trinajstić information content (AvgIpc) is 3.24. The summed E-state index contributed by atoms with van der Waals surface area (Å²) in [7, 11) is 0. The van der Waals surface area contributed by atoms with Crippen LogP contribution in [-0.4, -0.2) is 31.0 Å². The van der Waals surface area contributed by atoms with Crippen LogP contribution in [-0.2, 0) is 13.1 Å². The fourth-order valence-corrected chi connectivity index (χ4v) is 3.66. The van der Waals surface area contributed by atoms with Crippen molar-refractivity contribution in [2.24, 2.45) is 0 Å². The van der Waals surface area contributed by atoms with Crippen LogP contribution in [0.1, 0.15) is 41.5 Å². The molecule has 0 aliphatic carbocycles. The number of nitrogens with zero attached hydrogens (tertiary/aromatic N) is 5. The van der Waals surface area contributed by atoms with Crippen LogP contribution in [0.3, 0.4) is 0 Å². The fraction of sp³-hybridized carbons (Fsp3) is 0.350. The van der Waals surface area contributed by atoms with Crippen LogP contribution in [0.2, 0.25) is 0 Å². The highest BCUT2D eigenvalue weighted by Crippen LogP contribution is 2.33. The monoisotopic (exact) mass is 333 g/mol. The van der Waals surface area contributed by atoms with E-state index in [2.05, 4.69) is 44.6 Å². The molecule has 0 aromatic carbocycles. The lowest BCUT2D eigenvalue weighted by Crippen LogP contribution is -2.25. The van der Waals surface area contributed by atoms with Gasteiger partial charge in [0.1, 0.15) is 5.82 Å². The third kappa shape index (κ3) is 3.46. The van der Waals surface area contributed by atoms with Crippen molar-refractivity contribution in [3.05, 3.63) is 77.9 Å². The van der Waals surface area contributed by atoms with Gasteiger partial charge in [-0.2, -0.15) is 0 Å². The van der Waals surface area contributed by atoms with E-state index in [0.717, 1.165) is 26.1 Å². The molecule has 5 heteroatoms. The molecule has 0 saturated carbocycles. The van der Waals surface area contributed by atoms with Gasteiger partial charge in [-0.1, -0.05) is 6.07 Å². The number of aryl methyl sites for hydroxylation is 1. The molecule has 0 spiro atoms. The number of rotatable bonds is 5. The van der Waals surface area contributed by atoms with Gasteiger partial charge in [-0.3, -0.25) is 14.9 Å². The van der Waals surface area contributed by atoms with Crippen LogP contribution < -0.4 is 0 Å². The van der Waals surface area contributed by atoms with Gasteiger partial charge in [0.25, 0.3) is 0 Å². The number of aromatic nitrogens is 4. The lowest BCUT2D eigenvalue weighted by atomic mass is 10.1. The summed E-state index contributed by atoms with van der Waals surface area (Å²) in [5.74, 6) is 1.17. The maximum atomic E-state index is 4.77. The Hall–Kier alpha value is -2.53. The third-order valence-electron chi connectivity index (χ3n) is 4.95. The van der Waals surface area contributed by atoms with Crippen molar-refractivity contribution in [1.82, 2.24) is 24.4 Å². The van der Waals surface area contributed by atoms with E-state index >= 15 is 0 Å². The zero-order chi connectivity index (χ0) is 17.1. The maximum Gasteiger partial charge on any atom is 0.126 e. The fourth-order valence-electron chi connectivity index (χ4n) is 3.66. The van der Waals surface area contributed by atoms with E-state index in [0.29, 0.717) is 6.04 Å². The Bertz CT molecular complexity index is 813. The lowest BCUT2D eigenvalue weighted by Gasteiger charge is -2.25. The summed E-state index contributed by atoms with van der Waals surface area (Å²) in [6, 6.07) is 8.69. The Labute approximate surface area is 148 Å². The third-order valence-corrected chi connectivity index (χ3v) is 4.95. The molecule has 0 N–H and O–H groups in total. The maximum absolute atomic E-state index is 4.77. The Kier molecular flexibility index (Phi) is 4.57. The lowest BCUT2D eigenvalue weighted by molar-refractivity contribution is 0.235. The number of hydrogen-bond acceptors (Lipinski definition) is 4. The molecule has 0 radical (unpaired) electrons. The molecule has 3 aromatic rings. The van der Waals surface area contributed by atoms with Gasteiger partial charge >= 0.3 is 0 Å². The van der Waals surface area contributed by atoms with Crippen molar-refractivity contribution in [1.29, 1.82) is 0 Å². The molecule has 1 saturated heterocycles. The van der Waals surface area contributed by atoms with Crippen molar-refractivity contribution < 1.29 is 0 Å². The first kappa shape index (κ1) is 16.0. The van der Waals surface area contributed by atoms with Crippen molar-refractivity contribution in [2.75, 3.05) is 6.54 Å². The number of likely N-dealkylation sites (tertiary alicyclic amines) is 1. The molecule has 25 heavy (non-hydrogen) atoms. The molecule has 1 aliphatic heterocycles. The first-order chi connectivity index (χ1) is 12.3. The average molecular weight is 333 g/mol. The molecular formula is C20H23N5. The molecule has 0 amide bonds. The first-order valence-electron chi connectivity index (χ1n) is 8.85. The van der Waals surface area contributed by atoms with Crippen molar-refractivity contribution in [2.45, 2.75) is 38.9 Å². The van der Waals surface area contributed by atoms with Crippen molar-refractivity contribution in [3.8, 4) is 0 Å². The van der Waals surface area contributed by atoms with E-state index in [1.54, 1.807) is 0 Å². The smallest absolute Gasteiger partial charge is 0.126 e. The number of hydrogen-bond donors (Lipinski definition) is 0. The second-order valence-electron chi connectivity index (χ2n) is 6.69. The van der Waals surface area contributed by atoms with Gasteiger partial charge in [0.05, 0.1) is 12.6 Å². The molecule has 4 heterocycles. The summed E-state index contributed by atoms with van der Waals surface area (Å²) < 4.78 is 2.34. The van der Waals surface area contributed by atoms with Gasteiger partial charge in [-0.25, -0.2) is 4.98 Å². The summed E-state index contributed by atoms with van der Waals surface area (Å²) >= 11 is 0. The van der Waals surface area contributed by atoms with Gasteiger partial charge in [0.2, 0.25) is 0 Å². The van der Waals surface area contributed by atoms with Crippen molar-refractivity contribution >= 4 is 0 Å². The van der Waals surface area contributed by atoms with E-state index in [1.807, 2.05) is 37.1 Å².